The second-order valence-corrected chi connectivity index (χ2v) is 4.04. The molecule has 1 heterocycles. The van der Waals surface area contributed by atoms with Crippen LogP contribution in [0.15, 0.2) is 51.3 Å². The third-order valence-electron chi connectivity index (χ3n) is 1.99. The van der Waals surface area contributed by atoms with E-state index in [0.717, 1.165) is 11.3 Å². The maximum atomic E-state index is 5.55. The molecule has 15 heavy (non-hydrogen) atoms. The average molecular weight is 220 g/mol. The highest BCUT2D eigenvalue weighted by molar-refractivity contribution is 7.99. The molecule has 0 aliphatic heterocycles. The Hall–Kier alpha value is -1.26. The van der Waals surface area contributed by atoms with Gasteiger partial charge in [0.25, 0.3) is 5.22 Å². The fourth-order valence-corrected chi connectivity index (χ4v) is 2.17. The summed E-state index contributed by atoms with van der Waals surface area (Å²) in [7, 11) is 0. The van der Waals surface area contributed by atoms with E-state index >= 15 is 0 Å². The predicted octanol–water partition coefficient (Wildman–Crippen LogP) is 2.33. The van der Waals surface area contributed by atoms with Gasteiger partial charge in [0.1, 0.15) is 6.26 Å². The molecular formula is C11H12N2OS. The van der Waals surface area contributed by atoms with Crippen LogP contribution in [0.5, 0.6) is 0 Å². The van der Waals surface area contributed by atoms with Gasteiger partial charge in [-0.3, -0.25) is 0 Å². The standard InChI is InChI=1S/C11H12N2OS/c12-6-5-9-3-1-2-4-10(9)15-11-13-7-8-14-11/h1-4,7-8H,5-6,12H2. The molecule has 3 nitrogen and oxygen atoms in total. The summed E-state index contributed by atoms with van der Waals surface area (Å²) in [5.41, 5.74) is 6.79. The van der Waals surface area contributed by atoms with Crippen LogP contribution in [0.1, 0.15) is 5.56 Å². The van der Waals surface area contributed by atoms with Crippen molar-refractivity contribution in [3.63, 3.8) is 0 Å². The normalized spacial score (nSPS) is 10.5. The highest BCUT2D eigenvalue weighted by Crippen LogP contribution is 2.29. The van der Waals surface area contributed by atoms with Gasteiger partial charge in [0.15, 0.2) is 0 Å². The Kier molecular flexibility index (Phi) is 3.42. The maximum Gasteiger partial charge on any atom is 0.260 e. The third kappa shape index (κ3) is 2.61. The lowest BCUT2D eigenvalue weighted by Crippen LogP contribution is -2.03. The molecule has 1 aromatic heterocycles. The van der Waals surface area contributed by atoms with Crippen molar-refractivity contribution >= 4 is 11.8 Å². The summed E-state index contributed by atoms with van der Waals surface area (Å²) in [4.78, 5) is 5.24. The van der Waals surface area contributed by atoms with Gasteiger partial charge in [-0.2, -0.15) is 0 Å². The molecule has 0 aliphatic carbocycles. The molecule has 0 saturated carbocycles. The van der Waals surface area contributed by atoms with Gasteiger partial charge >= 0.3 is 0 Å². The molecule has 0 saturated heterocycles. The second kappa shape index (κ2) is 5.00. The van der Waals surface area contributed by atoms with Crippen molar-refractivity contribution in [2.75, 3.05) is 6.54 Å². The Balaban J connectivity index is 2.20. The van der Waals surface area contributed by atoms with Crippen molar-refractivity contribution in [1.82, 2.24) is 4.98 Å². The lowest BCUT2D eigenvalue weighted by Gasteiger charge is -2.04. The number of benzene rings is 1. The number of aromatic nitrogens is 1. The molecule has 1 aromatic carbocycles. The van der Waals surface area contributed by atoms with Gasteiger partial charge in [-0.05, 0) is 36.4 Å². The van der Waals surface area contributed by atoms with Crippen molar-refractivity contribution in [1.29, 1.82) is 0 Å². The lowest BCUT2D eigenvalue weighted by atomic mass is 10.1. The molecule has 0 spiro atoms. The molecule has 0 radical (unpaired) electrons. The van der Waals surface area contributed by atoms with E-state index in [1.807, 2.05) is 12.1 Å². The van der Waals surface area contributed by atoms with Crippen LogP contribution in [-0.2, 0) is 6.42 Å². The van der Waals surface area contributed by atoms with Crippen molar-refractivity contribution in [3.8, 4) is 0 Å². The Morgan fingerprint density at radius 3 is 2.93 bits per heavy atom. The molecule has 4 heteroatoms. The summed E-state index contributed by atoms with van der Waals surface area (Å²) in [5.74, 6) is 0. The Labute approximate surface area is 92.7 Å². The monoisotopic (exact) mass is 220 g/mol. The molecule has 0 aliphatic rings. The third-order valence-corrected chi connectivity index (χ3v) is 2.99. The van der Waals surface area contributed by atoms with Gasteiger partial charge < -0.3 is 10.2 Å². The van der Waals surface area contributed by atoms with Crippen LogP contribution in [0.3, 0.4) is 0 Å². The van der Waals surface area contributed by atoms with Crippen molar-refractivity contribution < 1.29 is 4.42 Å². The van der Waals surface area contributed by atoms with E-state index < -0.39 is 0 Å². The molecule has 78 valence electrons. The smallest absolute Gasteiger partial charge is 0.260 e. The van der Waals surface area contributed by atoms with Crippen LogP contribution in [0.2, 0.25) is 0 Å². The minimum atomic E-state index is 0.656. The minimum absolute atomic E-state index is 0.656. The lowest BCUT2D eigenvalue weighted by molar-refractivity contribution is 0.454. The molecule has 0 fully saturated rings. The van der Waals surface area contributed by atoms with Crippen LogP contribution < -0.4 is 5.73 Å². The average Bonchev–Trinajstić information content (AvgIpc) is 2.74. The Morgan fingerprint density at radius 1 is 1.33 bits per heavy atom. The number of nitrogens with zero attached hydrogens (tertiary/aromatic N) is 1. The predicted molar refractivity (Wildman–Crippen MR) is 59.8 cm³/mol. The zero-order valence-electron chi connectivity index (χ0n) is 8.22. The first-order chi connectivity index (χ1) is 7.40. The number of hydrogen-bond acceptors (Lipinski definition) is 4. The summed E-state index contributed by atoms with van der Waals surface area (Å²) in [6.07, 6.45) is 4.10. The molecule has 2 N–H and O–H groups in total. The largest absolute Gasteiger partial charge is 0.440 e. The van der Waals surface area contributed by atoms with Crippen LogP contribution in [0.4, 0.5) is 0 Å². The molecule has 2 aromatic rings. The van der Waals surface area contributed by atoms with E-state index in [1.165, 1.54) is 17.3 Å². The number of oxazole rings is 1. The molecular weight excluding hydrogens is 208 g/mol. The molecule has 0 bridgehead atoms. The maximum absolute atomic E-state index is 5.55. The highest BCUT2D eigenvalue weighted by atomic mass is 32.2. The summed E-state index contributed by atoms with van der Waals surface area (Å²) < 4.78 is 5.19. The van der Waals surface area contributed by atoms with Gasteiger partial charge in [0, 0.05) is 4.90 Å². The van der Waals surface area contributed by atoms with Crippen LogP contribution >= 0.6 is 11.8 Å². The summed E-state index contributed by atoms with van der Waals surface area (Å²) in [5, 5.41) is 0.666. The van der Waals surface area contributed by atoms with Gasteiger partial charge in [-0.1, -0.05) is 18.2 Å². The fourth-order valence-electron chi connectivity index (χ4n) is 1.32. The van der Waals surface area contributed by atoms with Crippen molar-refractivity contribution in [2.24, 2.45) is 5.73 Å². The minimum Gasteiger partial charge on any atom is -0.440 e. The molecule has 0 amide bonds. The quantitative estimate of drug-likeness (QED) is 0.859. The highest BCUT2D eigenvalue weighted by Gasteiger charge is 2.05. The number of nitrogens with two attached hydrogens (primary N) is 1. The van der Waals surface area contributed by atoms with Crippen LogP contribution in [0, 0.1) is 0 Å². The van der Waals surface area contributed by atoms with E-state index in [0.29, 0.717) is 11.8 Å². The van der Waals surface area contributed by atoms with Gasteiger partial charge in [-0.15, -0.1) is 0 Å². The van der Waals surface area contributed by atoms with Crippen molar-refractivity contribution in [2.45, 2.75) is 16.5 Å². The summed E-state index contributed by atoms with van der Waals surface area (Å²) >= 11 is 1.53. The first-order valence-electron chi connectivity index (χ1n) is 4.75. The second-order valence-electron chi connectivity index (χ2n) is 3.05. The molecule has 2 rings (SSSR count). The van der Waals surface area contributed by atoms with Gasteiger partial charge in [-0.25, -0.2) is 4.98 Å². The van der Waals surface area contributed by atoms with Gasteiger partial charge in [0.05, 0.1) is 6.20 Å². The number of hydrogen-bond donors (Lipinski definition) is 1. The topological polar surface area (TPSA) is 52.0 Å². The van der Waals surface area contributed by atoms with Gasteiger partial charge in [0.2, 0.25) is 0 Å². The zero-order chi connectivity index (χ0) is 10.5. The summed E-state index contributed by atoms with van der Waals surface area (Å²) in [6, 6.07) is 8.16. The van der Waals surface area contributed by atoms with E-state index in [1.54, 1.807) is 12.5 Å². The van der Waals surface area contributed by atoms with E-state index in [2.05, 4.69) is 17.1 Å². The molecule has 0 atom stereocenters. The first kappa shape index (κ1) is 10.3. The van der Waals surface area contributed by atoms with E-state index in [4.69, 9.17) is 10.2 Å². The van der Waals surface area contributed by atoms with E-state index in [9.17, 15) is 0 Å². The zero-order valence-corrected chi connectivity index (χ0v) is 9.04. The Morgan fingerprint density at radius 2 is 2.20 bits per heavy atom. The SMILES string of the molecule is NCCc1ccccc1Sc1ncco1. The van der Waals surface area contributed by atoms with Crippen LogP contribution in [0.25, 0.3) is 0 Å². The number of rotatable bonds is 4. The van der Waals surface area contributed by atoms with E-state index in [-0.39, 0.29) is 0 Å². The van der Waals surface area contributed by atoms with Crippen molar-refractivity contribution in [3.05, 3.63) is 42.3 Å². The fraction of sp³-hybridized carbons (Fsp3) is 0.182. The molecule has 0 unspecified atom stereocenters. The van der Waals surface area contributed by atoms with Crippen LogP contribution in [-0.4, -0.2) is 11.5 Å². The Bertz CT molecular complexity index is 414. The first-order valence-corrected chi connectivity index (χ1v) is 5.57. The summed E-state index contributed by atoms with van der Waals surface area (Å²) in [6.45, 7) is 0.656.